The number of pyridine rings is 1. The summed E-state index contributed by atoms with van der Waals surface area (Å²) in [5, 5.41) is 2.68. The monoisotopic (exact) mass is 185 g/mol. The van der Waals surface area contributed by atoms with Crippen LogP contribution < -0.4 is 0 Å². The van der Waals surface area contributed by atoms with Crippen molar-refractivity contribution in [3.63, 3.8) is 0 Å². The predicted octanol–water partition coefficient (Wildman–Crippen LogP) is 3.36. The van der Waals surface area contributed by atoms with Crippen LogP contribution in [0.15, 0.2) is 30.6 Å². The molecular formula is C13H15N. The summed E-state index contributed by atoms with van der Waals surface area (Å²) >= 11 is 0. The maximum Gasteiger partial charge on any atom is 0.0349 e. The zero-order valence-electron chi connectivity index (χ0n) is 8.75. The van der Waals surface area contributed by atoms with Gasteiger partial charge in [-0.3, -0.25) is 4.98 Å². The molecule has 1 aromatic heterocycles. The van der Waals surface area contributed by atoms with Crippen LogP contribution in [-0.4, -0.2) is 4.98 Å². The van der Waals surface area contributed by atoms with Crippen LogP contribution in [0.2, 0.25) is 0 Å². The normalized spacial score (nSPS) is 10.7. The highest BCUT2D eigenvalue weighted by Gasteiger charge is 2.02. The van der Waals surface area contributed by atoms with Gasteiger partial charge in [0.25, 0.3) is 0 Å². The van der Waals surface area contributed by atoms with Crippen molar-refractivity contribution in [1.82, 2.24) is 4.98 Å². The van der Waals surface area contributed by atoms with Crippen LogP contribution in [0.4, 0.5) is 0 Å². The van der Waals surface area contributed by atoms with Crippen molar-refractivity contribution in [2.24, 2.45) is 0 Å². The maximum absolute atomic E-state index is 4.29. The molecule has 1 nitrogen and oxygen atoms in total. The fraction of sp³-hybridized carbons (Fsp3) is 0.308. The van der Waals surface area contributed by atoms with Gasteiger partial charge in [0.2, 0.25) is 0 Å². The Balaban J connectivity index is 2.77. The molecule has 2 aromatic rings. The fourth-order valence-corrected chi connectivity index (χ4v) is 1.91. The van der Waals surface area contributed by atoms with Gasteiger partial charge in [-0.05, 0) is 29.4 Å². The first-order valence-corrected chi connectivity index (χ1v) is 5.21. The minimum atomic E-state index is 1.05. The van der Waals surface area contributed by atoms with Crippen molar-refractivity contribution in [1.29, 1.82) is 0 Å². The molecule has 0 fully saturated rings. The third-order valence-electron chi connectivity index (χ3n) is 2.74. The van der Waals surface area contributed by atoms with Gasteiger partial charge in [0, 0.05) is 17.8 Å². The minimum Gasteiger partial charge on any atom is -0.264 e. The highest BCUT2D eigenvalue weighted by Crippen LogP contribution is 2.21. The summed E-state index contributed by atoms with van der Waals surface area (Å²) in [5.74, 6) is 0. The van der Waals surface area contributed by atoms with Gasteiger partial charge in [-0.2, -0.15) is 0 Å². The molecule has 0 spiro atoms. The van der Waals surface area contributed by atoms with E-state index in [0.29, 0.717) is 0 Å². The van der Waals surface area contributed by atoms with Gasteiger partial charge in [0.05, 0.1) is 0 Å². The number of hydrogen-bond acceptors (Lipinski definition) is 1. The first kappa shape index (κ1) is 9.20. The SMILES string of the molecule is CCc1cncc2c(CC)cccc12. The third kappa shape index (κ3) is 1.39. The summed E-state index contributed by atoms with van der Waals surface area (Å²) in [6.07, 6.45) is 6.08. The number of aromatic nitrogens is 1. The highest BCUT2D eigenvalue weighted by atomic mass is 14.6. The standard InChI is InChI=1S/C13H15N/c1-3-10-6-5-7-12-11(4-2)8-14-9-13(10)12/h5-9H,3-4H2,1-2H3. The van der Waals surface area contributed by atoms with E-state index in [4.69, 9.17) is 0 Å². The number of hydrogen-bond donors (Lipinski definition) is 0. The van der Waals surface area contributed by atoms with Crippen molar-refractivity contribution in [3.05, 3.63) is 41.7 Å². The average Bonchev–Trinajstić information content (AvgIpc) is 2.27. The highest BCUT2D eigenvalue weighted by molar-refractivity contribution is 5.87. The Kier molecular flexibility index (Phi) is 2.49. The molecule has 0 N–H and O–H groups in total. The first-order valence-electron chi connectivity index (χ1n) is 5.21. The van der Waals surface area contributed by atoms with Crippen molar-refractivity contribution in [2.45, 2.75) is 26.7 Å². The van der Waals surface area contributed by atoms with Gasteiger partial charge < -0.3 is 0 Å². The fourth-order valence-electron chi connectivity index (χ4n) is 1.91. The Morgan fingerprint density at radius 3 is 2.43 bits per heavy atom. The van der Waals surface area contributed by atoms with E-state index < -0.39 is 0 Å². The van der Waals surface area contributed by atoms with Gasteiger partial charge in [0.1, 0.15) is 0 Å². The van der Waals surface area contributed by atoms with Gasteiger partial charge in [-0.25, -0.2) is 0 Å². The molecule has 0 amide bonds. The zero-order valence-corrected chi connectivity index (χ0v) is 8.75. The van der Waals surface area contributed by atoms with E-state index in [-0.39, 0.29) is 0 Å². The Morgan fingerprint density at radius 2 is 1.71 bits per heavy atom. The quantitative estimate of drug-likeness (QED) is 0.699. The summed E-state index contributed by atoms with van der Waals surface area (Å²) in [7, 11) is 0. The number of benzene rings is 1. The molecule has 0 aliphatic heterocycles. The van der Waals surface area contributed by atoms with E-state index in [0.717, 1.165) is 12.8 Å². The topological polar surface area (TPSA) is 12.9 Å². The van der Waals surface area contributed by atoms with Crippen LogP contribution in [-0.2, 0) is 12.8 Å². The lowest BCUT2D eigenvalue weighted by Gasteiger charge is -2.06. The molecule has 0 atom stereocenters. The van der Waals surface area contributed by atoms with Gasteiger partial charge >= 0.3 is 0 Å². The lowest BCUT2D eigenvalue weighted by atomic mass is 10.0. The molecule has 1 aromatic carbocycles. The summed E-state index contributed by atoms with van der Waals surface area (Å²) < 4.78 is 0. The molecule has 1 heterocycles. The number of nitrogens with zero attached hydrogens (tertiary/aromatic N) is 1. The lowest BCUT2D eigenvalue weighted by Crippen LogP contribution is -1.89. The van der Waals surface area contributed by atoms with E-state index in [2.05, 4.69) is 37.0 Å². The van der Waals surface area contributed by atoms with Crippen LogP contribution in [0, 0.1) is 0 Å². The molecule has 0 aliphatic carbocycles. The summed E-state index contributed by atoms with van der Waals surface area (Å²) in [6, 6.07) is 6.51. The lowest BCUT2D eigenvalue weighted by molar-refractivity contribution is 1.11. The smallest absolute Gasteiger partial charge is 0.0349 e. The molecule has 0 radical (unpaired) electrons. The molecule has 1 heteroatoms. The Hall–Kier alpha value is -1.37. The third-order valence-corrected chi connectivity index (χ3v) is 2.74. The summed E-state index contributed by atoms with van der Waals surface area (Å²) in [5.41, 5.74) is 2.74. The average molecular weight is 185 g/mol. The minimum absolute atomic E-state index is 1.05. The number of fused-ring (bicyclic) bond motifs is 1. The van der Waals surface area contributed by atoms with E-state index >= 15 is 0 Å². The van der Waals surface area contributed by atoms with E-state index in [9.17, 15) is 0 Å². The molecule has 72 valence electrons. The number of aryl methyl sites for hydroxylation is 2. The largest absolute Gasteiger partial charge is 0.264 e. The summed E-state index contributed by atoms with van der Waals surface area (Å²) in [6.45, 7) is 4.36. The Morgan fingerprint density at radius 1 is 0.929 bits per heavy atom. The molecule has 0 bridgehead atoms. The molecule has 14 heavy (non-hydrogen) atoms. The molecule has 0 unspecified atom stereocenters. The zero-order chi connectivity index (χ0) is 9.97. The van der Waals surface area contributed by atoms with Gasteiger partial charge in [-0.15, -0.1) is 0 Å². The Bertz CT molecular complexity index is 403. The van der Waals surface area contributed by atoms with Crippen LogP contribution in [0.25, 0.3) is 10.8 Å². The summed E-state index contributed by atoms with van der Waals surface area (Å²) in [4.78, 5) is 4.29. The van der Waals surface area contributed by atoms with E-state index in [1.54, 1.807) is 0 Å². The van der Waals surface area contributed by atoms with E-state index in [1.165, 1.54) is 21.9 Å². The van der Waals surface area contributed by atoms with Crippen molar-refractivity contribution in [2.75, 3.05) is 0 Å². The second kappa shape index (κ2) is 3.79. The van der Waals surface area contributed by atoms with E-state index in [1.807, 2.05) is 12.4 Å². The molecule has 0 aliphatic rings. The predicted molar refractivity (Wildman–Crippen MR) is 60.5 cm³/mol. The van der Waals surface area contributed by atoms with Crippen molar-refractivity contribution in [3.8, 4) is 0 Å². The van der Waals surface area contributed by atoms with Gasteiger partial charge in [0.15, 0.2) is 0 Å². The first-order chi connectivity index (χ1) is 6.86. The molecule has 0 saturated carbocycles. The van der Waals surface area contributed by atoms with Crippen molar-refractivity contribution < 1.29 is 0 Å². The van der Waals surface area contributed by atoms with Crippen LogP contribution in [0.1, 0.15) is 25.0 Å². The van der Waals surface area contributed by atoms with Crippen LogP contribution >= 0.6 is 0 Å². The second-order valence-corrected chi connectivity index (χ2v) is 3.52. The van der Waals surface area contributed by atoms with Crippen LogP contribution in [0.5, 0.6) is 0 Å². The number of rotatable bonds is 2. The Labute approximate surface area is 84.8 Å². The van der Waals surface area contributed by atoms with Crippen molar-refractivity contribution >= 4 is 10.8 Å². The molecule has 0 saturated heterocycles. The van der Waals surface area contributed by atoms with Gasteiger partial charge in [-0.1, -0.05) is 32.0 Å². The second-order valence-electron chi connectivity index (χ2n) is 3.52. The van der Waals surface area contributed by atoms with Crippen LogP contribution in [0.3, 0.4) is 0 Å². The molecule has 2 rings (SSSR count). The molecular weight excluding hydrogens is 170 g/mol. The maximum atomic E-state index is 4.29.